The molecule has 1 saturated heterocycles. The molecule has 0 bridgehead atoms. The Morgan fingerprint density at radius 1 is 1.23 bits per heavy atom. The van der Waals surface area contributed by atoms with Gasteiger partial charge < -0.3 is 14.4 Å². The summed E-state index contributed by atoms with van der Waals surface area (Å²) in [6.45, 7) is 0.765. The third-order valence-electron chi connectivity index (χ3n) is 5.52. The molecule has 1 atom stereocenters. The number of methoxy groups -OCH3 is 2. The Balaban J connectivity index is 1.62. The highest BCUT2D eigenvalue weighted by Crippen LogP contribution is 2.39. The van der Waals surface area contributed by atoms with Crippen molar-refractivity contribution in [2.24, 2.45) is 0 Å². The number of hydrogen-bond acceptors (Lipinski definition) is 5. The van der Waals surface area contributed by atoms with Crippen molar-refractivity contribution in [2.75, 3.05) is 20.8 Å². The number of amides is 1. The van der Waals surface area contributed by atoms with Gasteiger partial charge >= 0.3 is 0 Å². The number of nitrogens with zero attached hydrogens (tertiary/aromatic N) is 3. The van der Waals surface area contributed by atoms with Gasteiger partial charge in [-0.3, -0.25) is 14.5 Å². The molecule has 9 heteroatoms. The van der Waals surface area contributed by atoms with Crippen molar-refractivity contribution in [3.63, 3.8) is 0 Å². The fraction of sp³-hybridized carbons (Fsp3) is 0.318. The van der Waals surface area contributed by atoms with Gasteiger partial charge in [0.05, 0.1) is 20.3 Å². The van der Waals surface area contributed by atoms with Gasteiger partial charge in [0.2, 0.25) is 5.91 Å². The van der Waals surface area contributed by atoms with Crippen LogP contribution in [-0.4, -0.2) is 46.3 Å². The van der Waals surface area contributed by atoms with E-state index in [-0.39, 0.29) is 18.5 Å². The average Bonchev–Trinajstić information content (AvgIpc) is 3.41. The van der Waals surface area contributed by atoms with E-state index in [1.54, 1.807) is 30.9 Å². The van der Waals surface area contributed by atoms with Crippen molar-refractivity contribution in [1.29, 1.82) is 0 Å². The Morgan fingerprint density at radius 3 is 2.71 bits per heavy atom. The number of nitrogens with one attached hydrogen (secondary N) is 1. The fourth-order valence-electron chi connectivity index (χ4n) is 4.00. The fourth-order valence-corrected chi connectivity index (χ4v) is 4.32. The van der Waals surface area contributed by atoms with E-state index < -0.39 is 0 Å². The number of benzene rings is 2. The molecule has 1 aliphatic heterocycles. The number of aromatic nitrogens is 3. The van der Waals surface area contributed by atoms with Crippen molar-refractivity contribution in [2.45, 2.75) is 25.4 Å². The van der Waals surface area contributed by atoms with Crippen LogP contribution in [0.2, 0.25) is 5.02 Å². The van der Waals surface area contributed by atoms with Crippen molar-refractivity contribution in [3.05, 3.63) is 57.8 Å². The summed E-state index contributed by atoms with van der Waals surface area (Å²) < 4.78 is 13.1. The highest BCUT2D eigenvalue weighted by atomic mass is 35.5. The minimum absolute atomic E-state index is 0.0277. The van der Waals surface area contributed by atoms with Crippen LogP contribution in [0.1, 0.15) is 24.4 Å². The number of rotatable bonds is 6. The van der Waals surface area contributed by atoms with E-state index in [9.17, 15) is 4.79 Å². The lowest BCUT2D eigenvalue weighted by Crippen LogP contribution is -2.33. The predicted molar refractivity (Wildman–Crippen MR) is 121 cm³/mol. The Labute approximate surface area is 190 Å². The van der Waals surface area contributed by atoms with Gasteiger partial charge in [0, 0.05) is 22.7 Å². The number of H-pyrrole nitrogens is 1. The SMILES string of the molecule is COc1ccc(OC)c([C@@H]2CCCN2C(=O)Cn2c(-c3ccc(Cl)cc3)n[nH]c2=S)c1. The zero-order chi connectivity index (χ0) is 22.0. The third-order valence-corrected chi connectivity index (χ3v) is 6.09. The van der Waals surface area contributed by atoms with Gasteiger partial charge in [0.1, 0.15) is 18.0 Å². The van der Waals surface area contributed by atoms with E-state index in [1.807, 2.05) is 35.2 Å². The first-order chi connectivity index (χ1) is 15.0. The summed E-state index contributed by atoms with van der Waals surface area (Å²) >= 11 is 11.4. The highest BCUT2D eigenvalue weighted by molar-refractivity contribution is 7.71. The average molecular weight is 459 g/mol. The molecule has 3 aromatic rings. The lowest BCUT2D eigenvalue weighted by molar-refractivity contribution is -0.132. The maximum absolute atomic E-state index is 13.4. The largest absolute Gasteiger partial charge is 0.497 e. The van der Waals surface area contributed by atoms with Crippen molar-refractivity contribution >= 4 is 29.7 Å². The summed E-state index contributed by atoms with van der Waals surface area (Å²) in [6.07, 6.45) is 1.77. The third kappa shape index (κ3) is 4.31. The molecule has 2 heterocycles. The normalized spacial score (nSPS) is 15.8. The molecule has 0 unspecified atom stereocenters. The first-order valence-corrected chi connectivity index (χ1v) is 10.7. The Kier molecular flexibility index (Phi) is 6.29. The summed E-state index contributed by atoms with van der Waals surface area (Å²) in [5.74, 6) is 2.05. The molecular formula is C22H23ClN4O3S. The zero-order valence-corrected chi connectivity index (χ0v) is 18.9. The number of halogens is 1. The van der Waals surface area contributed by atoms with Gasteiger partial charge in [-0.05, 0) is 67.5 Å². The van der Waals surface area contributed by atoms with Crippen LogP contribution in [0.4, 0.5) is 0 Å². The minimum atomic E-state index is -0.0856. The van der Waals surface area contributed by atoms with Gasteiger partial charge in [0.25, 0.3) is 0 Å². The smallest absolute Gasteiger partial charge is 0.243 e. The van der Waals surface area contributed by atoms with E-state index in [2.05, 4.69) is 10.2 Å². The van der Waals surface area contributed by atoms with Gasteiger partial charge in [-0.2, -0.15) is 5.10 Å². The quantitative estimate of drug-likeness (QED) is 0.545. The summed E-state index contributed by atoms with van der Waals surface area (Å²) in [5, 5.41) is 7.75. The molecule has 0 spiro atoms. The van der Waals surface area contributed by atoms with Crippen LogP contribution in [0.25, 0.3) is 11.4 Å². The second kappa shape index (κ2) is 9.11. The van der Waals surface area contributed by atoms with Crippen molar-refractivity contribution in [3.8, 4) is 22.9 Å². The first-order valence-electron chi connectivity index (χ1n) is 9.94. The molecule has 0 saturated carbocycles. The number of aromatic amines is 1. The molecular weight excluding hydrogens is 436 g/mol. The van der Waals surface area contributed by atoms with Crippen molar-refractivity contribution in [1.82, 2.24) is 19.7 Å². The maximum Gasteiger partial charge on any atom is 0.243 e. The van der Waals surface area contributed by atoms with Crippen LogP contribution in [-0.2, 0) is 11.3 Å². The number of hydrogen-bond donors (Lipinski definition) is 1. The number of ether oxygens (including phenoxy) is 2. The van der Waals surface area contributed by atoms with Gasteiger partial charge in [-0.15, -0.1) is 0 Å². The Hall–Kier alpha value is -2.84. The van der Waals surface area contributed by atoms with E-state index >= 15 is 0 Å². The highest BCUT2D eigenvalue weighted by Gasteiger charge is 2.32. The topological polar surface area (TPSA) is 72.4 Å². The minimum Gasteiger partial charge on any atom is -0.497 e. The van der Waals surface area contributed by atoms with E-state index in [4.69, 9.17) is 33.3 Å². The van der Waals surface area contributed by atoms with Gasteiger partial charge in [0.15, 0.2) is 10.6 Å². The van der Waals surface area contributed by atoms with Crippen LogP contribution in [0.3, 0.4) is 0 Å². The van der Waals surface area contributed by atoms with Crippen LogP contribution >= 0.6 is 23.8 Å². The summed E-state index contributed by atoms with van der Waals surface area (Å²) in [7, 11) is 3.26. The van der Waals surface area contributed by atoms with E-state index in [1.165, 1.54) is 0 Å². The van der Waals surface area contributed by atoms with Gasteiger partial charge in [-0.1, -0.05) is 11.6 Å². The standard InChI is InChI=1S/C22H23ClN4O3S/c1-29-16-9-10-19(30-2)17(12-16)18-4-3-11-26(18)20(28)13-27-21(24-25-22(27)31)14-5-7-15(23)8-6-14/h5-10,12,18H,3-4,11,13H2,1-2H3,(H,25,31)/t18-/m0/s1. The molecule has 1 aromatic heterocycles. The molecule has 31 heavy (non-hydrogen) atoms. The number of likely N-dealkylation sites (tertiary alicyclic amines) is 1. The molecule has 7 nitrogen and oxygen atoms in total. The van der Waals surface area contributed by atoms with Crippen LogP contribution < -0.4 is 9.47 Å². The Bertz CT molecular complexity index is 1140. The molecule has 0 radical (unpaired) electrons. The summed E-state index contributed by atoms with van der Waals surface area (Å²) in [4.78, 5) is 15.3. The Morgan fingerprint density at radius 2 is 2.00 bits per heavy atom. The lowest BCUT2D eigenvalue weighted by Gasteiger charge is -2.27. The first kappa shape index (κ1) is 21.4. The lowest BCUT2D eigenvalue weighted by atomic mass is 10.0. The second-order valence-corrected chi connectivity index (χ2v) is 8.12. The summed E-state index contributed by atoms with van der Waals surface area (Å²) in [6, 6.07) is 12.9. The van der Waals surface area contributed by atoms with Gasteiger partial charge in [-0.25, -0.2) is 0 Å². The van der Waals surface area contributed by atoms with Crippen molar-refractivity contribution < 1.29 is 14.3 Å². The molecule has 2 aromatic carbocycles. The second-order valence-electron chi connectivity index (χ2n) is 7.30. The van der Waals surface area contributed by atoms with Crippen LogP contribution in [0, 0.1) is 4.77 Å². The molecule has 1 fully saturated rings. The van der Waals surface area contributed by atoms with E-state index in [0.717, 1.165) is 35.5 Å². The molecule has 1 aliphatic rings. The number of carbonyl (C=O) groups is 1. The molecule has 0 aliphatic carbocycles. The van der Waals surface area contributed by atoms with Crippen LogP contribution in [0.15, 0.2) is 42.5 Å². The maximum atomic E-state index is 13.4. The zero-order valence-electron chi connectivity index (χ0n) is 17.3. The van der Waals surface area contributed by atoms with E-state index in [0.29, 0.717) is 22.2 Å². The molecule has 1 N–H and O–H groups in total. The molecule has 1 amide bonds. The monoisotopic (exact) mass is 458 g/mol. The predicted octanol–water partition coefficient (Wildman–Crippen LogP) is 4.64. The number of carbonyl (C=O) groups excluding carboxylic acids is 1. The molecule has 162 valence electrons. The molecule has 4 rings (SSSR count). The van der Waals surface area contributed by atoms with Crippen LogP contribution in [0.5, 0.6) is 11.5 Å². The summed E-state index contributed by atoms with van der Waals surface area (Å²) in [5.41, 5.74) is 1.78.